The van der Waals surface area contributed by atoms with E-state index >= 15 is 0 Å². The average Bonchev–Trinajstić information content (AvgIpc) is 3.12. The molecular weight excluding hydrogens is 320 g/mol. The maximum atomic E-state index is 12.5. The van der Waals surface area contributed by atoms with E-state index in [4.69, 9.17) is 4.52 Å². The van der Waals surface area contributed by atoms with E-state index in [1.807, 2.05) is 13.8 Å². The summed E-state index contributed by atoms with van der Waals surface area (Å²) >= 11 is 0. The third kappa shape index (κ3) is 4.32. The quantitative estimate of drug-likeness (QED) is 0.911. The third-order valence-corrected chi connectivity index (χ3v) is 5.10. The Labute approximate surface area is 148 Å². The second-order valence-corrected chi connectivity index (χ2v) is 7.33. The van der Waals surface area contributed by atoms with Gasteiger partial charge in [0.2, 0.25) is 0 Å². The zero-order chi connectivity index (χ0) is 17.8. The molecule has 1 aliphatic carbocycles. The van der Waals surface area contributed by atoms with E-state index < -0.39 is 0 Å². The van der Waals surface area contributed by atoms with Gasteiger partial charge in [-0.3, -0.25) is 4.79 Å². The van der Waals surface area contributed by atoms with Crippen LogP contribution in [0, 0.1) is 0 Å². The Hall–Kier alpha value is -2.05. The van der Waals surface area contributed by atoms with E-state index in [-0.39, 0.29) is 17.9 Å². The van der Waals surface area contributed by atoms with Gasteiger partial charge in [-0.1, -0.05) is 38.3 Å². The molecule has 0 radical (unpaired) electrons. The van der Waals surface area contributed by atoms with E-state index in [2.05, 4.69) is 10.5 Å². The molecule has 138 valence electrons. The number of urea groups is 1. The monoisotopic (exact) mass is 348 g/mol. The van der Waals surface area contributed by atoms with Gasteiger partial charge in [0, 0.05) is 44.2 Å². The number of nitrogens with zero attached hydrogens (tertiary/aromatic N) is 3. The van der Waals surface area contributed by atoms with Crippen LogP contribution in [0.5, 0.6) is 0 Å². The SMILES string of the molecule is CC(C)c1cc(C(=O)N2CCN(C(=O)NC3CCCCC3)CC2)no1. The minimum Gasteiger partial charge on any atom is -0.360 e. The Morgan fingerprint density at radius 1 is 1.12 bits per heavy atom. The molecule has 3 rings (SSSR count). The maximum Gasteiger partial charge on any atom is 0.317 e. The van der Waals surface area contributed by atoms with Crippen LogP contribution >= 0.6 is 0 Å². The minimum absolute atomic E-state index is 0.00234. The zero-order valence-electron chi connectivity index (χ0n) is 15.2. The normalized spacial score (nSPS) is 19.3. The molecule has 1 saturated carbocycles. The molecule has 2 aliphatic rings. The molecule has 7 heteroatoms. The van der Waals surface area contributed by atoms with Crippen molar-refractivity contribution in [2.75, 3.05) is 26.2 Å². The van der Waals surface area contributed by atoms with Gasteiger partial charge in [0.25, 0.3) is 5.91 Å². The number of rotatable bonds is 3. The van der Waals surface area contributed by atoms with Gasteiger partial charge in [0.1, 0.15) is 5.76 Å². The fourth-order valence-electron chi connectivity index (χ4n) is 3.45. The molecule has 7 nitrogen and oxygen atoms in total. The van der Waals surface area contributed by atoms with Crippen molar-refractivity contribution in [3.8, 4) is 0 Å². The van der Waals surface area contributed by atoms with E-state index in [0.29, 0.717) is 43.7 Å². The summed E-state index contributed by atoms with van der Waals surface area (Å²) in [6.45, 7) is 6.16. The third-order valence-electron chi connectivity index (χ3n) is 5.10. The van der Waals surface area contributed by atoms with Crippen molar-refractivity contribution < 1.29 is 14.1 Å². The Balaban J connectivity index is 1.48. The lowest BCUT2D eigenvalue weighted by molar-refractivity contribution is 0.0652. The van der Waals surface area contributed by atoms with Crippen LogP contribution in [0.4, 0.5) is 4.79 Å². The van der Waals surface area contributed by atoms with Crippen molar-refractivity contribution in [2.24, 2.45) is 0 Å². The van der Waals surface area contributed by atoms with Gasteiger partial charge < -0.3 is 19.6 Å². The summed E-state index contributed by atoms with van der Waals surface area (Å²) in [5.41, 5.74) is 0.351. The lowest BCUT2D eigenvalue weighted by Gasteiger charge is -2.35. The van der Waals surface area contributed by atoms with Crippen molar-refractivity contribution in [3.05, 3.63) is 17.5 Å². The van der Waals surface area contributed by atoms with Crippen molar-refractivity contribution in [3.63, 3.8) is 0 Å². The molecule has 0 aromatic carbocycles. The van der Waals surface area contributed by atoms with Crippen LogP contribution < -0.4 is 5.32 Å². The summed E-state index contributed by atoms with van der Waals surface area (Å²) in [7, 11) is 0. The van der Waals surface area contributed by atoms with Crippen LogP contribution in [-0.2, 0) is 0 Å². The van der Waals surface area contributed by atoms with Crippen LogP contribution in [-0.4, -0.2) is 59.1 Å². The smallest absolute Gasteiger partial charge is 0.317 e. The van der Waals surface area contributed by atoms with E-state index in [9.17, 15) is 9.59 Å². The number of nitrogens with one attached hydrogen (secondary N) is 1. The van der Waals surface area contributed by atoms with Gasteiger partial charge >= 0.3 is 6.03 Å². The molecule has 1 aromatic heterocycles. The van der Waals surface area contributed by atoms with Gasteiger partial charge in [0.05, 0.1) is 0 Å². The van der Waals surface area contributed by atoms with Crippen molar-refractivity contribution in [1.82, 2.24) is 20.3 Å². The molecule has 25 heavy (non-hydrogen) atoms. The van der Waals surface area contributed by atoms with Crippen LogP contribution in [0.1, 0.15) is 68.1 Å². The Kier molecular flexibility index (Phi) is 5.60. The fourth-order valence-corrected chi connectivity index (χ4v) is 3.45. The molecular formula is C18H28N4O3. The fraction of sp³-hybridized carbons (Fsp3) is 0.722. The van der Waals surface area contributed by atoms with E-state index in [1.165, 1.54) is 19.3 Å². The number of hydrogen-bond acceptors (Lipinski definition) is 4. The average molecular weight is 348 g/mol. The molecule has 0 unspecified atom stereocenters. The van der Waals surface area contributed by atoms with Crippen molar-refractivity contribution in [1.29, 1.82) is 0 Å². The molecule has 1 saturated heterocycles. The molecule has 0 bridgehead atoms. The number of piperazine rings is 1. The summed E-state index contributed by atoms with van der Waals surface area (Å²) in [6, 6.07) is 2.03. The second-order valence-electron chi connectivity index (χ2n) is 7.33. The predicted octanol–water partition coefficient (Wildman–Crippen LogP) is 2.60. The lowest BCUT2D eigenvalue weighted by Crippen LogP contribution is -2.54. The topological polar surface area (TPSA) is 78.7 Å². The number of carbonyl (C=O) groups excluding carboxylic acids is 2. The number of hydrogen-bond donors (Lipinski definition) is 1. The Morgan fingerprint density at radius 2 is 1.76 bits per heavy atom. The highest BCUT2D eigenvalue weighted by Gasteiger charge is 2.28. The molecule has 0 spiro atoms. The number of carbonyl (C=O) groups is 2. The first-order valence-electron chi connectivity index (χ1n) is 9.36. The molecule has 2 heterocycles. The summed E-state index contributed by atoms with van der Waals surface area (Å²) in [5.74, 6) is 0.797. The molecule has 1 N–H and O–H groups in total. The van der Waals surface area contributed by atoms with Crippen LogP contribution in [0.25, 0.3) is 0 Å². The molecule has 1 aliphatic heterocycles. The summed E-state index contributed by atoms with van der Waals surface area (Å²) in [6.07, 6.45) is 5.82. The van der Waals surface area contributed by atoms with Crippen molar-refractivity contribution in [2.45, 2.75) is 57.9 Å². The maximum absolute atomic E-state index is 12.5. The van der Waals surface area contributed by atoms with Gasteiger partial charge in [-0.15, -0.1) is 0 Å². The Bertz CT molecular complexity index is 599. The summed E-state index contributed by atoms with van der Waals surface area (Å²) in [5, 5.41) is 7.02. The molecule has 0 atom stereocenters. The molecule has 1 aromatic rings. The van der Waals surface area contributed by atoms with E-state index in [0.717, 1.165) is 12.8 Å². The lowest BCUT2D eigenvalue weighted by atomic mass is 9.96. The van der Waals surface area contributed by atoms with Gasteiger partial charge in [-0.05, 0) is 12.8 Å². The molecule has 2 fully saturated rings. The minimum atomic E-state index is -0.122. The number of amides is 3. The summed E-state index contributed by atoms with van der Waals surface area (Å²) < 4.78 is 5.21. The van der Waals surface area contributed by atoms with E-state index in [1.54, 1.807) is 15.9 Å². The zero-order valence-corrected chi connectivity index (χ0v) is 15.2. The first-order valence-corrected chi connectivity index (χ1v) is 9.36. The number of aromatic nitrogens is 1. The largest absolute Gasteiger partial charge is 0.360 e. The van der Waals surface area contributed by atoms with Crippen LogP contribution in [0.15, 0.2) is 10.6 Å². The first kappa shape index (κ1) is 17.8. The highest BCUT2D eigenvalue weighted by Crippen LogP contribution is 2.19. The highest BCUT2D eigenvalue weighted by molar-refractivity contribution is 5.92. The Morgan fingerprint density at radius 3 is 2.36 bits per heavy atom. The van der Waals surface area contributed by atoms with Crippen LogP contribution in [0.2, 0.25) is 0 Å². The second kappa shape index (κ2) is 7.89. The van der Waals surface area contributed by atoms with Crippen molar-refractivity contribution >= 4 is 11.9 Å². The standard InChI is InChI=1S/C18H28N4O3/c1-13(2)16-12-15(20-25-16)17(23)21-8-10-22(11-9-21)18(24)19-14-6-4-3-5-7-14/h12-14H,3-11H2,1-2H3,(H,19,24). The summed E-state index contributed by atoms with van der Waals surface area (Å²) in [4.78, 5) is 28.4. The van der Waals surface area contributed by atoms with Gasteiger partial charge in [0.15, 0.2) is 5.69 Å². The van der Waals surface area contributed by atoms with Crippen LogP contribution in [0.3, 0.4) is 0 Å². The molecule has 3 amide bonds. The highest BCUT2D eigenvalue weighted by atomic mass is 16.5. The first-order chi connectivity index (χ1) is 12.0. The van der Waals surface area contributed by atoms with Gasteiger partial charge in [-0.2, -0.15) is 0 Å². The predicted molar refractivity (Wildman–Crippen MR) is 93.5 cm³/mol. The van der Waals surface area contributed by atoms with Gasteiger partial charge in [-0.25, -0.2) is 4.79 Å².